The third-order valence-corrected chi connectivity index (χ3v) is 4.46. The highest BCUT2D eigenvalue weighted by molar-refractivity contribution is 8.00. The van der Waals surface area contributed by atoms with Crippen LogP contribution in [0.1, 0.15) is 19.4 Å². The fourth-order valence-electron chi connectivity index (χ4n) is 2.37. The van der Waals surface area contributed by atoms with E-state index in [1.807, 2.05) is 18.2 Å². The molecule has 2 N–H and O–H groups in total. The molecule has 0 bridgehead atoms. The maximum Gasteiger partial charge on any atom is 0.0410 e. The van der Waals surface area contributed by atoms with E-state index >= 15 is 0 Å². The van der Waals surface area contributed by atoms with Crippen LogP contribution in [0, 0.1) is 0 Å². The molecule has 0 radical (unpaired) electrons. The molecule has 1 aliphatic heterocycles. The lowest BCUT2D eigenvalue weighted by molar-refractivity contribution is 0.263. The van der Waals surface area contributed by atoms with Crippen molar-refractivity contribution in [3.8, 4) is 0 Å². The molecule has 1 heterocycles. The third-order valence-electron chi connectivity index (χ3n) is 2.99. The molecule has 0 spiro atoms. The zero-order chi connectivity index (χ0) is 12.4. The van der Waals surface area contributed by atoms with E-state index in [-0.39, 0.29) is 0 Å². The fraction of sp³-hybridized carbons (Fsp3) is 0.538. The topological polar surface area (TPSA) is 29.3 Å². The first kappa shape index (κ1) is 13.1. The lowest BCUT2D eigenvalue weighted by atomic mass is 10.1. The van der Waals surface area contributed by atoms with Crippen molar-refractivity contribution in [2.45, 2.75) is 30.9 Å². The number of benzene rings is 1. The fourth-order valence-corrected chi connectivity index (χ4v) is 3.95. The summed E-state index contributed by atoms with van der Waals surface area (Å²) < 4.78 is 0. The average Bonchev–Trinajstić information content (AvgIpc) is 2.22. The Morgan fingerprint density at radius 3 is 2.65 bits per heavy atom. The minimum Gasteiger partial charge on any atom is -0.398 e. The normalized spacial score (nSPS) is 26.1. The van der Waals surface area contributed by atoms with Crippen LogP contribution in [-0.2, 0) is 6.54 Å². The van der Waals surface area contributed by atoms with Crippen LogP contribution < -0.4 is 5.73 Å². The Kier molecular flexibility index (Phi) is 4.23. The molecule has 1 aromatic rings. The van der Waals surface area contributed by atoms with Gasteiger partial charge in [0.1, 0.15) is 0 Å². The first-order valence-corrected chi connectivity index (χ1v) is 7.28. The molecule has 0 aromatic heterocycles. The molecule has 2 atom stereocenters. The number of hydrogen-bond donors (Lipinski definition) is 1. The summed E-state index contributed by atoms with van der Waals surface area (Å²) >= 11 is 8.08. The van der Waals surface area contributed by atoms with Gasteiger partial charge in [0, 0.05) is 40.8 Å². The molecule has 1 fully saturated rings. The molecule has 2 unspecified atom stereocenters. The largest absolute Gasteiger partial charge is 0.398 e. The van der Waals surface area contributed by atoms with Gasteiger partial charge in [-0.25, -0.2) is 0 Å². The molecule has 2 rings (SSSR count). The van der Waals surface area contributed by atoms with Crippen LogP contribution in [-0.4, -0.2) is 28.5 Å². The van der Waals surface area contributed by atoms with E-state index in [0.29, 0.717) is 10.5 Å². The van der Waals surface area contributed by atoms with Gasteiger partial charge in [-0.2, -0.15) is 11.8 Å². The number of anilines is 1. The Balaban J connectivity index is 2.07. The smallest absolute Gasteiger partial charge is 0.0410 e. The number of nitrogens with two attached hydrogens (primary N) is 1. The van der Waals surface area contributed by atoms with Gasteiger partial charge in [0.05, 0.1) is 0 Å². The highest BCUT2D eigenvalue weighted by atomic mass is 35.5. The van der Waals surface area contributed by atoms with E-state index in [2.05, 4.69) is 30.5 Å². The highest BCUT2D eigenvalue weighted by Gasteiger charge is 2.22. The second-order valence-electron chi connectivity index (χ2n) is 4.79. The summed E-state index contributed by atoms with van der Waals surface area (Å²) in [4.78, 5) is 2.47. The van der Waals surface area contributed by atoms with E-state index in [1.165, 1.54) is 0 Å². The molecule has 0 aliphatic carbocycles. The molecular formula is C13H19ClN2S. The molecule has 1 aliphatic rings. The number of thioether (sulfide) groups is 1. The second-order valence-corrected chi connectivity index (χ2v) is 7.11. The van der Waals surface area contributed by atoms with Crippen molar-refractivity contribution in [3.05, 3.63) is 28.8 Å². The van der Waals surface area contributed by atoms with Gasteiger partial charge >= 0.3 is 0 Å². The number of nitrogen functional groups attached to an aromatic ring is 1. The van der Waals surface area contributed by atoms with Crippen molar-refractivity contribution in [2.24, 2.45) is 0 Å². The van der Waals surface area contributed by atoms with Gasteiger partial charge in [-0.15, -0.1) is 0 Å². The van der Waals surface area contributed by atoms with Gasteiger partial charge in [-0.05, 0) is 23.8 Å². The first-order valence-electron chi connectivity index (χ1n) is 5.96. The van der Waals surface area contributed by atoms with Gasteiger partial charge in [-0.1, -0.05) is 25.4 Å². The Labute approximate surface area is 113 Å². The third kappa shape index (κ3) is 3.54. The van der Waals surface area contributed by atoms with Crippen LogP contribution >= 0.6 is 23.4 Å². The first-order chi connectivity index (χ1) is 8.04. The number of hydrogen-bond acceptors (Lipinski definition) is 3. The molecule has 94 valence electrons. The predicted octanol–water partition coefficient (Wildman–Crippen LogP) is 3.25. The zero-order valence-corrected chi connectivity index (χ0v) is 11.9. The van der Waals surface area contributed by atoms with E-state index in [4.69, 9.17) is 17.3 Å². The van der Waals surface area contributed by atoms with E-state index in [0.717, 1.165) is 35.9 Å². The molecule has 17 heavy (non-hydrogen) atoms. The Hall–Kier alpha value is -0.380. The summed E-state index contributed by atoms with van der Waals surface area (Å²) in [5.41, 5.74) is 7.97. The number of rotatable bonds is 2. The molecule has 1 saturated heterocycles. The van der Waals surface area contributed by atoms with Crippen molar-refractivity contribution >= 4 is 29.1 Å². The maximum atomic E-state index is 6.01. The zero-order valence-electron chi connectivity index (χ0n) is 10.3. The van der Waals surface area contributed by atoms with E-state index in [9.17, 15) is 0 Å². The second kappa shape index (κ2) is 5.51. The SMILES string of the molecule is CC1CN(Cc2cc(Cl)ccc2N)CC(C)S1. The van der Waals surface area contributed by atoms with Gasteiger partial charge in [0.25, 0.3) is 0 Å². The quantitative estimate of drug-likeness (QED) is 0.837. The van der Waals surface area contributed by atoms with Crippen molar-refractivity contribution in [1.82, 2.24) is 4.90 Å². The minimum absolute atomic E-state index is 0.694. The molecule has 0 amide bonds. The Morgan fingerprint density at radius 2 is 2.00 bits per heavy atom. The van der Waals surface area contributed by atoms with Crippen molar-refractivity contribution < 1.29 is 0 Å². The highest BCUT2D eigenvalue weighted by Crippen LogP contribution is 2.27. The predicted molar refractivity (Wildman–Crippen MR) is 77.7 cm³/mol. The van der Waals surface area contributed by atoms with Gasteiger partial charge < -0.3 is 5.73 Å². The average molecular weight is 271 g/mol. The Morgan fingerprint density at radius 1 is 1.35 bits per heavy atom. The monoisotopic (exact) mass is 270 g/mol. The summed E-state index contributed by atoms with van der Waals surface area (Å²) in [6.45, 7) is 7.73. The molecule has 4 heteroatoms. The molecule has 2 nitrogen and oxygen atoms in total. The summed E-state index contributed by atoms with van der Waals surface area (Å²) in [6.07, 6.45) is 0. The lowest BCUT2D eigenvalue weighted by Crippen LogP contribution is -2.39. The summed E-state index contributed by atoms with van der Waals surface area (Å²) in [6, 6.07) is 5.72. The summed E-state index contributed by atoms with van der Waals surface area (Å²) in [7, 11) is 0. The Bertz CT molecular complexity index is 387. The van der Waals surface area contributed by atoms with Gasteiger partial charge in [0.15, 0.2) is 0 Å². The summed E-state index contributed by atoms with van der Waals surface area (Å²) in [5, 5.41) is 2.15. The van der Waals surface area contributed by atoms with Crippen molar-refractivity contribution in [2.75, 3.05) is 18.8 Å². The van der Waals surface area contributed by atoms with Crippen LogP contribution in [0.2, 0.25) is 5.02 Å². The van der Waals surface area contributed by atoms with Crippen molar-refractivity contribution in [1.29, 1.82) is 0 Å². The van der Waals surface area contributed by atoms with Crippen LogP contribution in [0.5, 0.6) is 0 Å². The number of halogens is 1. The van der Waals surface area contributed by atoms with E-state index in [1.54, 1.807) is 0 Å². The van der Waals surface area contributed by atoms with Gasteiger partial charge in [-0.3, -0.25) is 4.90 Å². The van der Waals surface area contributed by atoms with Crippen LogP contribution in [0.3, 0.4) is 0 Å². The minimum atomic E-state index is 0.694. The molecular weight excluding hydrogens is 252 g/mol. The van der Waals surface area contributed by atoms with E-state index < -0.39 is 0 Å². The summed E-state index contributed by atoms with van der Waals surface area (Å²) in [5.74, 6) is 0. The maximum absolute atomic E-state index is 6.01. The molecule has 1 aromatic carbocycles. The van der Waals surface area contributed by atoms with Crippen molar-refractivity contribution in [3.63, 3.8) is 0 Å². The van der Waals surface area contributed by atoms with Crippen LogP contribution in [0.4, 0.5) is 5.69 Å². The standard InChI is InChI=1S/C13H19ClN2S/c1-9-6-16(7-10(2)17-9)8-11-5-12(14)3-4-13(11)15/h3-5,9-10H,6-8,15H2,1-2H3. The number of nitrogens with zero attached hydrogens (tertiary/aromatic N) is 1. The van der Waals surface area contributed by atoms with Crippen LogP contribution in [0.15, 0.2) is 18.2 Å². The van der Waals surface area contributed by atoms with Gasteiger partial charge in [0.2, 0.25) is 0 Å². The van der Waals surface area contributed by atoms with Crippen LogP contribution in [0.25, 0.3) is 0 Å². The lowest BCUT2D eigenvalue weighted by Gasteiger charge is -2.34. The molecule has 0 saturated carbocycles.